The van der Waals surface area contributed by atoms with Gasteiger partial charge in [-0.25, -0.2) is 4.98 Å². The molecule has 0 bridgehead atoms. The quantitative estimate of drug-likeness (QED) is 0.680. The fraction of sp³-hybridized carbons (Fsp3) is 0.286. The van der Waals surface area contributed by atoms with Crippen molar-refractivity contribution in [1.82, 2.24) is 4.98 Å². The molecule has 16 heavy (non-hydrogen) atoms. The molecule has 0 aliphatic carbocycles. The first-order chi connectivity index (χ1) is 7.54. The number of aryl methyl sites for hydroxylation is 3. The summed E-state index contributed by atoms with van der Waals surface area (Å²) in [6.07, 6.45) is 0.803. The largest absolute Gasteiger partial charge is 0.296 e. The molecule has 0 fully saturated rings. The number of aldehydes is 1. The van der Waals surface area contributed by atoms with Crippen molar-refractivity contribution in [3.8, 4) is 0 Å². The van der Waals surface area contributed by atoms with Gasteiger partial charge in [-0.1, -0.05) is 0 Å². The lowest BCUT2D eigenvalue weighted by molar-refractivity contribution is 0.111. The molecule has 0 aliphatic rings. The molecule has 2 rings (SSSR count). The van der Waals surface area contributed by atoms with E-state index in [2.05, 4.69) is 31.8 Å². The molecule has 2 heteroatoms. The highest BCUT2D eigenvalue weighted by molar-refractivity contribution is 5.90. The fourth-order valence-corrected chi connectivity index (χ4v) is 2.17. The average Bonchev–Trinajstić information content (AvgIpc) is 2.25. The first-order valence-electron chi connectivity index (χ1n) is 5.38. The maximum absolute atomic E-state index is 10.8. The van der Waals surface area contributed by atoms with E-state index in [0.717, 1.165) is 17.4 Å². The fourth-order valence-electron chi connectivity index (χ4n) is 2.17. The minimum absolute atomic E-state index is 0.507. The minimum atomic E-state index is 0.507. The zero-order valence-electron chi connectivity index (χ0n) is 10.1. The Kier molecular flexibility index (Phi) is 2.50. The lowest BCUT2D eigenvalue weighted by Gasteiger charge is -2.11. The first-order valence-corrected chi connectivity index (χ1v) is 5.38. The van der Waals surface area contributed by atoms with Crippen molar-refractivity contribution in [3.05, 3.63) is 40.1 Å². The highest BCUT2D eigenvalue weighted by Gasteiger charge is 2.08. The summed E-state index contributed by atoms with van der Waals surface area (Å²) >= 11 is 0. The number of carbonyl (C=O) groups excluding carboxylic acids is 1. The number of fused-ring (bicyclic) bond motifs is 1. The summed E-state index contributed by atoms with van der Waals surface area (Å²) in [6, 6.07) is 3.90. The van der Waals surface area contributed by atoms with Crippen LogP contribution in [0.3, 0.4) is 0 Å². The second kappa shape index (κ2) is 3.71. The topological polar surface area (TPSA) is 30.0 Å². The van der Waals surface area contributed by atoms with Crippen molar-refractivity contribution in [2.75, 3.05) is 0 Å². The van der Waals surface area contributed by atoms with Crippen LogP contribution in [0.15, 0.2) is 12.1 Å². The molecule has 2 aromatic rings. The Balaban J connectivity index is 2.95. The number of carbonyl (C=O) groups is 1. The molecule has 1 aromatic heterocycles. The van der Waals surface area contributed by atoms with Crippen LogP contribution < -0.4 is 0 Å². The van der Waals surface area contributed by atoms with Gasteiger partial charge in [-0.15, -0.1) is 0 Å². The Morgan fingerprint density at radius 1 is 1.00 bits per heavy atom. The molecule has 82 valence electrons. The van der Waals surface area contributed by atoms with Gasteiger partial charge in [-0.05, 0) is 62.1 Å². The number of pyridine rings is 1. The van der Waals surface area contributed by atoms with Crippen LogP contribution in [-0.4, -0.2) is 11.3 Å². The second-order valence-electron chi connectivity index (χ2n) is 4.32. The molecular weight excluding hydrogens is 198 g/mol. The summed E-state index contributed by atoms with van der Waals surface area (Å²) in [5.74, 6) is 0. The number of hydrogen-bond donors (Lipinski definition) is 0. The van der Waals surface area contributed by atoms with E-state index < -0.39 is 0 Å². The monoisotopic (exact) mass is 213 g/mol. The van der Waals surface area contributed by atoms with E-state index in [9.17, 15) is 4.79 Å². The molecule has 0 radical (unpaired) electrons. The first kappa shape index (κ1) is 10.8. The highest BCUT2D eigenvalue weighted by atomic mass is 16.1. The molecule has 0 amide bonds. The van der Waals surface area contributed by atoms with E-state index in [1.54, 1.807) is 0 Å². The molecule has 0 spiro atoms. The third kappa shape index (κ3) is 1.51. The summed E-state index contributed by atoms with van der Waals surface area (Å²) in [7, 11) is 0. The molecule has 2 nitrogen and oxygen atoms in total. The van der Waals surface area contributed by atoms with Crippen LogP contribution in [0.25, 0.3) is 10.9 Å². The van der Waals surface area contributed by atoms with Gasteiger partial charge in [-0.2, -0.15) is 0 Å². The third-order valence-corrected chi connectivity index (χ3v) is 3.27. The molecule has 0 unspecified atom stereocenters. The van der Waals surface area contributed by atoms with Crippen LogP contribution in [-0.2, 0) is 0 Å². The molecule has 0 atom stereocenters. The molecule has 0 saturated carbocycles. The number of hydrogen-bond acceptors (Lipinski definition) is 2. The maximum Gasteiger partial charge on any atom is 0.168 e. The van der Waals surface area contributed by atoms with E-state index in [1.807, 2.05) is 13.0 Å². The molecule has 0 saturated heterocycles. The van der Waals surface area contributed by atoms with Crippen molar-refractivity contribution >= 4 is 17.2 Å². The molecular formula is C14H15NO. The van der Waals surface area contributed by atoms with Gasteiger partial charge in [0.05, 0.1) is 5.52 Å². The molecule has 0 N–H and O–H groups in total. The Hall–Kier alpha value is -1.70. The maximum atomic E-state index is 10.8. The van der Waals surface area contributed by atoms with E-state index in [1.165, 1.54) is 22.1 Å². The Morgan fingerprint density at radius 2 is 1.69 bits per heavy atom. The average molecular weight is 213 g/mol. The molecule has 1 aromatic carbocycles. The predicted molar refractivity (Wildman–Crippen MR) is 66.1 cm³/mol. The van der Waals surface area contributed by atoms with Crippen LogP contribution in [0.5, 0.6) is 0 Å². The predicted octanol–water partition coefficient (Wildman–Crippen LogP) is 3.28. The number of benzene rings is 1. The van der Waals surface area contributed by atoms with Gasteiger partial charge >= 0.3 is 0 Å². The van der Waals surface area contributed by atoms with E-state index >= 15 is 0 Å². The van der Waals surface area contributed by atoms with Crippen molar-refractivity contribution in [3.63, 3.8) is 0 Å². The Bertz CT molecular complexity index is 585. The standard InChI is InChI=1S/C14H15NO/c1-8-6-13-14(11(4)10(8)3)9(2)5-12(7-16)15-13/h5-7H,1-4H3. The highest BCUT2D eigenvalue weighted by Crippen LogP contribution is 2.26. The summed E-state index contributed by atoms with van der Waals surface area (Å²) < 4.78 is 0. The van der Waals surface area contributed by atoms with Gasteiger partial charge in [0.1, 0.15) is 5.69 Å². The van der Waals surface area contributed by atoms with Crippen molar-refractivity contribution in [2.45, 2.75) is 27.7 Å². The lowest BCUT2D eigenvalue weighted by Crippen LogP contribution is -1.96. The number of nitrogens with zero attached hydrogens (tertiary/aromatic N) is 1. The van der Waals surface area contributed by atoms with E-state index in [-0.39, 0.29) is 0 Å². The van der Waals surface area contributed by atoms with Crippen LogP contribution >= 0.6 is 0 Å². The smallest absolute Gasteiger partial charge is 0.168 e. The van der Waals surface area contributed by atoms with Crippen LogP contribution in [0.1, 0.15) is 32.7 Å². The van der Waals surface area contributed by atoms with Gasteiger partial charge in [-0.3, -0.25) is 4.79 Å². The SMILES string of the molecule is Cc1cc2nc(C=O)cc(C)c2c(C)c1C. The van der Waals surface area contributed by atoms with Crippen LogP contribution in [0.4, 0.5) is 0 Å². The normalized spacial score (nSPS) is 10.8. The second-order valence-corrected chi connectivity index (χ2v) is 4.32. The third-order valence-electron chi connectivity index (χ3n) is 3.27. The van der Waals surface area contributed by atoms with Gasteiger partial charge in [0.2, 0.25) is 0 Å². The zero-order chi connectivity index (χ0) is 11.9. The summed E-state index contributed by atoms with van der Waals surface area (Å²) in [5.41, 5.74) is 6.33. The minimum Gasteiger partial charge on any atom is -0.296 e. The zero-order valence-corrected chi connectivity index (χ0v) is 10.1. The summed E-state index contributed by atoms with van der Waals surface area (Å²) in [5, 5.41) is 1.17. The van der Waals surface area contributed by atoms with Crippen LogP contribution in [0.2, 0.25) is 0 Å². The van der Waals surface area contributed by atoms with Gasteiger partial charge in [0.25, 0.3) is 0 Å². The van der Waals surface area contributed by atoms with Crippen molar-refractivity contribution < 1.29 is 4.79 Å². The van der Waals surface area contributed by atoms with Crippen molar-refractivity contribution in [2.24, 2.45) is 0 Å². The van der Waals surface area contributed by atoms with E-state index in [0.29, 0.717) is 5.69 Å². The van der Waals surface area contributed by atoms with Gasteiger partial charge < -0.3 is 0 Å². The Labute approximate surface area is 95.3 Å². The summed E-state index contributed by atoms with van der Waals surface area (Å²) in [6.45, 7) is 8.34. The van der Waals surface area contributed by atoms with Crippen molar-refractivity contribution in [1.29, 1.82) is 0 Å². The van der Waals surface area contributed by atoms with E-state index in [4.69, 9.17) is 0 Å². The summed E-state index contributed by atoms with van der Waals surface area (Å²) in [4.78, 5) is 15.1. The Morgan fingerprint density at radius 3 is 2.31 bits per heavy atom. The lowest BCUT2D eigenvalue weighted by atomic mass is 9.96. The number of rotatable bonds is 1. The molecule has 1 heterocycles. The van der Waals surface area contributed by atoms with Gasteiger partial charge in [0.15, 0.2) is 6.29 Å². The molecule has 0 aliphatic heterocycles. The number of aromatic nitrogens is 1. The van der Waals surface area contributed by atoms with Gasteiger partial charge in [0, 0.05) is 5.39 Å². The van der Waals surface area contributed by atoms with Crippen LogP contribution in [0, 0.1) is 27.7 Å².